The van der Waals surface area contributed by atoms with Crippen molar-refractivity contribution in [3.05, 3.63) is 47.3 Å². The number of amides is 1. The molecule has 0 saturated carbocycles. The molecule has 0 spiro atoms. The zero-order valence-corrected chi connectivity index (χ0v) is 16.9. The summed E-state index contributed by atoms with van der Waals surface area (Å²) in [5.74, 6) is 0.0440. The number of rotatable bonds is 3. The Bertz CT molecular complexity index is 1040. The van der Waals surface area contributed by atoms with Crippen LogP contribution < -0.4 is 0 Å². The van der Waals surface area contributed by atoms with Gasteiger partial charge in [-0.05, 0) is 37.5 Å². The molecule has 1 fully saturated rings. The minimum Gasteiger partial charge on any atom is -0.375 e. The number of aryl methyl sites for hydroxylation is 3. The zero-order chi connectivity index (χ0) is 19.8. The van der Waals surface area contributed by atoms with Crippen LogP contribution in [0.25, 0.3) is 22.2 Å². The molecule has 6 nitrogen and oxygen atoms in total. The van der Waals surface area contributed by atoms with Gasteiger partial charge in [-0.15, -0.1) is 0 Å². The quantitative estimate of drug-likeness (QED) is 0.700. The van der Waals surface area contributed by atoms with Crippen LogP contribution in [-0.2, 0) is 11.8 Å². The first-order chi connectivity index (χ1) is 13.5. The maximum absolute atomic E-state index is 13.5. The Morgan fingerprint density at radius 1 is 1.32 bits per heavy atom. The van der Waals surface area contributed by atoms with Gasteiger partial charge in [0, 0.05) is 37.3 Å². The normalized spacial score (nSPS) is 17.3. The number of pyridine rings is 1. The summed E-state index contributed by atoms with van der Waals surface area (Å²) < 4.78 is 7.49. The molecular weight excluding hydrogens is 352 g/mol. The van der Waals surface area contributed by atoms with Gasteiger partial charge in [0.15, 0.2) is 0 Å². The van der Waals surface area contributed by atoms with Crippen molar-refractivity contribution in [3.8, 4) is 11.3 Å². The van der Waals surface area contributed by atoms with Crippen molar-refractivity contribution in [1.82, 2.24) is 19.7 Å². The fraction of sp³-hybridized carbons (Fsp3) is 0.409. The molecule has 1 atom stereocenters. The van der Waals surface area contributed by atoms with Crippen LogP contribution in [0.15, 0.2) is 30.6 Å². The monoisotopic (exact) mass is 378 g/mol. The highest BCUT2D eigenvalue weighted by molar-refractivity contribution is 6.08. The molecular formula is C22H26N4O2. The van der Waals surface area contributed by atoms with Gasteiger partial charge >= 0.3 is 0 Å². The number of carbonyl (C=O) groups is 1. The summed E-state index contributed by atoms with van der Waals surface area (Å²) in [6.07, 6.45) is 4.72. The molecule has 1 aliphatic rings. The fourth-order valence-electron chi connectivity index (χ4n) is 3.73. The molecule has 2 aromatic heterocycles. The van der Waals surface area contributed by atoms with E-state index in [1.54, 1.807) is 10.9 Å². The Kier molecular flexibility index (Phi) is 4.89. The second kappa shape index (κ2) is 7.36. The van der Waals surface area contributed by atoms with Crippen molar-refractivity contribution in [3.63, 3.8) is 0 Å². The number of ether oxygens (including phenoxy) is 1. The summed E-state index contributed by atoms with van der Waals surface area (Å²) in [6.45, 7) is 8.06. The molecule has 0 N–H and O–H groups in total. The number of fused-ring (bicyclic) bond motifs is 1. The van der Waals surface area contributed by atoms with Crippen molar-refractivity contribution in [2.45, 2.75) is 33.3 Å². The molecule has 1 unspecified atom stereocenters. The van der Waals surface area contributed by atoms with Crippen molar-refractivity contribution in [1.29, 1.82) is 0 Å². The van der Waals surface area contributed by atoms with E-state index in [0.29, 0.717) is 25.3 Å². The molecule has 1 amide bonds. The average Bonchev–Trinajstić information content (AvgIpc) is 3.16. The third-order valence-corrected chi connectivity index (χ3v) is 5.62. The molecule has 1 aliphatic heterocycles. The Morgan fingerprint density at radius 2 is 2.14 bits per heavy atom. The predicted molar refractivity (Wildman–Crippen MR) is 109 cm³/mol. The molecule has 0 bridgehead atoms. The van der Waals surface area contributed by atoms with Gasteiger partial charge in [-0.25, -0.2) is 4.98 Å². The molecule has 6 heteroatoms. The molecule has 1 aromatic carbocycles. The standard InChI is InChI=1S/C22H26N4O2/c1-5-17-13-26(8-9-28-17)22(27)19-10-20(16-11-23-25(4)12-16)24-21-15(3)14(2)6-7-18(19)21/h6-7,10-12,17H,5,8-9,13H2,1-4H3. The lowest BCUT2D eigenvalue weighted by Crippen LogP contribution is -2.45. The summed E-state index contributed by atoms with van der Waals surface area (Å²) in [4.78, 5) is 20.3. The van der Waals surface area contributed by atoms with Crippen LogP contribution >= 0.6 is 0 Å². The van der Waals surface area contributed by atoms with Crippen LogP contribution in [-0.4, -0.2) is 51.4 Å². The topological polar surface area (TPSA) is 60.2 Å². The van der Waals surface area contributed by atoms with Gasteiger partial charge < -0.3 is 9.64 Å². The fourth-order valence-corrected chi connectivity index (χ4v) is 3.73. The maximum atomic E-state index is 13.5. The summed E-state index contributed by atoms with van der Waals surface area (Å²) in [5.41, 5.74) is 5.53. The number of morpholine rings is 1. The van der Waals surface area contributed by atoms with Crippen LogP contribution in [0.5, 0.6) is 0 Å². The van der Waals surface area contributed by atoms with Crippen LogP contribution in [0.4, 0.5) is 0 Å². The highest BCUT2D eigenvalue weighted by atomic mass is 16.5. The molecule has 3 aromatic rings. The van der Waals surface area contributed by atoms with Gasteiger partial charge in [-0.1, -0.05) is 19.1 Å². The van der Waals surface area contributed by atoms with Crippen LogP contribution in [0.1, 0.15) is 34.8 Å². The summed E-state index contributed by atoms with van der Waals surface area (Å²) >= 11 is 0. The Hall–Kier alpha value is -2.73. The minimum atomic E-state index is 0.0440. The van der Waals surface area contributed by atoms with E-state index < -0.39 is 0 Å². The summed E-state index contributed by atoms with van der Waals surface area (Å²) in [7, 11) is 1.88. The molecule has 3 heterocycles. The first-order valence-corrected chi connectivity index (χ1v) is 9.78. The number of nitrogens with zero attached hydrogens (tertiary/aromatic N) is 4. The van der Waals surface area contributed by atoms with Gasteiger partial charge in [-0.3, -0.25) is 9.48 Å². The third-order valence-electron chi connectivity index (χ3n) is 5.62. The van der Waals surface area contributed by atoms with E-state index in [4.69, 9.17) is 9.72 Å². The van der Waals surface area contributed by atoms with E-state index in [2.05, 4.69) is 31.9 Å². The smallest absolute Gasteiger partial charge is 0.254 e. The molecule has 1 saturated heterocycles. The van der Waals surface area contributed by atoms with E-state index in [1.807, 2.05) is 30.3 Å². The van der Waals surface area contributed by atoms with Gasteiger partial charge in [0.25, 0.3) is 5.91 Å². The minimum absolute atomic E-state index is 0.0440. The van der Waals surface area contributed by atoms with E-state index in [1.165, 1.54) is 5.56 Å². The molecule has 4 rings (SSSR count). The predicted octanol–water partition coefficient (Wildman–Crippen LogP) is 3.50. The Labute approximate surface area is 165 Å². The van der Waals surface area contributed by atoms with Gasteiger partial charge in [0.05, 0.1) is 35.7 Å². The second-order valence-electron chi connectivity index (χ2n) is 7.51. The molecule has 0 aliphatic carbocycles. The second-order valence-corrected chi connectivity index (χ2v) is 7.51. The van der Waals surface area contributed by atoms with Crippen LogP contribution in [0.3, 0.4) is 0 Å². The molecule has 28 heavy (non-hydrogen) atoms. The summed E-state index contributed by atoms with van der Waals surface area (Å²) in [6, 6.07) is 5.99. The number of aromatic nitrogens is 3. The van der Waals surface area contributed by atoms with Crippen LogP contribution in [0.2, 0.25) is 0 Å². The van der Waals surface area contributed by atoms with Crippen LogP contribution in [0, 0.1) is 13.8 Å². The first-order valence-electron chi connectivity index (χ1n) is 9.78. The highest BCUT2D eigenvalue weighted by Gasteiger charge is 2.26. The van der Waals surface area contributed by atoms with Gasteiger partial charge in [-0.2, -0.15) is 5.10 Å². The molecule has 146 valence electrons. The lowest BCUT2D eigenvalue weighted by Gasteiger charge is -2.33. The lowest BCUT2D eigenvalue weighted by atomic mass is 9.99. The zero-order valence-electron chi connectivity index (χ0n) is 16.9. The third kappa shape index (κ3) is 3.29. The largest absolute Gasteiger partial charge is 0.375 e. The first kappa shape index (κ1) is 18.6. The number of benzene rings is 1. The van der Waals surface area contributed by atoms with Crippen molar-refractivity contribution < 1.29 is 9.53 Å². The number of carbonyl (C=O) groups excluding carboxylic acids is 1. The Morgan fingerprint density at radius 3 is 2.86 bits per heavy atom. The Balaban J connectivity index is 1.86. The maximum Gasteiger partial charge on any atom is 0.254 e. The van der Waals surface area contributed by atoms with E-state index in [9.17, 15) is 4.79 Å². The van der Waals surface area contributed by atoms with Gasteiger partial charge in [0.2, 0.25) is 0 Å². The van der Waals surface area contributed by atoms with E-state index in [-0.39, 0.29) is 12.0 Å². The SMILES string of the molecule is CCC1CN(C(=O)c2cc(-c3cnn(C)c3)nc3c(C)c(C)ccc23)CCO1. The highest BCUT2D eigenvalue weighted by Crippen LogP contribution is 2.29. The van der Waals surface area contributed by atoms with Crippen molar-refractivity contribution in [2.75, 3.05) is 19.7 Å². The lowest BCUT2D eigenvalue weighted by molar-refractivity contribution is -0.0225. The number of hydrogen-bond donors (Lipinski definition) is 0. The number of hydrogen-bond acceptors (Lipinski definition) is 4. The average molecular weight is 378 g/mol. The van der Waals surface area contributed by atoms with E-state index in [0.717, 1.165) is 34.1 Å². The van der Waals surface area contributed by atoms with Crippen molar-refractivity contribution in [2.24, 2.45) is 7.05 Å². The van der Waals surface area contributed by atoms with Gasteiger partial charge in [0.1, 0.15) is 0 Å². The van der Waals surface area contributed by atoms with E-state index >= 15 is 0 Å². The summed E-state index contributed by atoms with van der Waals surface area (Å²) in [5, 5.41) is 5.17. The van der Waals surface area contributed by atoms with Crippen molar-refractivity contribution >= 4 is 16.8 Å². The molecule has 0 radical (unpaired) electrons.